The maximum Gasteiger partial charge on any atom is 0.409 e. The van der Waals surface area contributed by atoms with Crippen LogP contribution in [0.15, 0.2) is 42.7 Å². The highest BCUT2D eigenvalue weighted by molar-refractivity contribution is 5.82. The fourth-order valence-electron chi connectivity index (χ4n) is 2.11. The third-order valence-corrected chi connectivity index (χ3v) is 3.38. The molecule has 0 aliphatic heterocycles. The van der Waals surface area contributed by atoms with Gasteiger partial charge in [-0.3, -0.25) is 9.48 Å². The lowest BCUT2D eigenvalue weighted by Crippen LogP contribution is -2.38. The number of carbonyl (C=O) groups is 2. The van der Waals surface area contributed by atoms with E-state index in [9.17, 15) is 9.59 Å². The van der Waals surface area contributed by atoms with E-state index in [0.29, 0.717) is 13.1 Å². The molecule has 7 nitrogen and oxygen atoms in total. The highest BCUT2D eigenvalue weighted by atomic mass is 16.6. The zero-order valence-corrected chi connectivity index (χ0v) is 13.9. The van der Waals surface area contributed by atoms with E-state index < -0.39 is 6.09 Å². The van der Waals surface area contributed by atoms with Crippen LogP contribution in [0, 0.1) is 0 Å². The van der Waals surface area contributed by atoms with Crippen LogP contribution in [0.1, 0.15) is 18.1 Å². The first-order valence-corrected chi connectivity index (χ1v) is 7.78. The summed E-state index contributed by atoms with van der Waals surface area (Å²) in [4.78, 5) is 24.5. The molecule has 24 heavy (non-hydrogen) atoms. The van der Waals surface area contributed by atoms with Gasteiger partial charge < -0.3 is 15.0 Å². The molecule has 0 saturated heterocycles. The van der Waals surface area contributed by atoms with Gasteiger partial charge in [-0.15, -0.1) is 0 Å². The molecule has 0 aliphatic carbocycles. The predicted octanol–water partition coefficient (Wildman–Crippen LogP) is 1.64. The summed E-state index contributed by atoms with van der Waals surface area (Å²) in [6, 6.07) is 9.83. The number of hydrogen-bond acceptors (Lipinski definition) is 4. The summed E-state index contributed by atoms with van der Waals surface area (Å²) < 4.78 is 6.67. The largest absolute Gasteiger partial charge is 0.450 e. The summed E-state index contributed by atoms with van der Waals surface area (Å²) in [5.41, 5.74) is 2.13. The van der Waals surface area contributed by atoms with Crippen molar-refractivity contribution in [3.63, 3.8) is 0 Å². The monoisotopic (exact) mass is 330 g/mol. The topological polar surface area (TPSA) is 76.5 Å². The fourth-order valence-corrected chi connectivity index (χ4v) is 2.11. The van der Waals surface area contributed by atoms with Crippen molar-refractivity contribution < 1.29 is 14.3 Å². The first-order valence-electron chi connectivity index (χ1n) is 7.78. The lowest BCUT2D eigenvalue weighted by Gasteiger charge is -2.16. The second kappa shape index (κ2) is 8.71. The van der Waals surface area contributed by atoms with E-state index in [-0.39, 0.29) is 19.1 Å². The number of amides is 2. The molecule has 7 heteroatoms. The third-order valence-electron chi connectivity index (χ3n) is 3.38. The van der Waals surface area contributed by atoms with Gasteiger partial charge in [-0.1, -0.05) is 24.3 Å². The van der Waals surface area contributed by atoms with Crippen LogP contribution in [-0.2, 0) is 22.6 Å². The third kappa shape index (κ3) is 5.42. The Morgan fingerprint density at radius 3 is 2.58 bits per heavy atom. The molecule has 0 fully saturated rings. The molecule has 1 aromatic carbocycles. The number of hydrogen-bond donors (Lipinski definition) is 1. The van der Waals surface area contributed by atoms with Gasteiger partial charge in [-0.2, -0.15) is 5.10 Å². The van der Waals surface area contributed by atoms with Crippen LogP contribution < -0.4 is 5.32 Å². The molecule has 2 amide bonds. The number of likely N-dealkylation sites (N-methyl/N-ethyl adjacent to an activating group) is 1. The van der Waals surface area contributed by atoms with E-state index >= 15 is 0 Å². The predicted molar refractivity (Wildman–Crippen MR) is 89.3 cm³/mol. The van der Waals surface area contributed by atoms with Crippen molar-refractivity contribution in [3.05, 3.63) is 53.9 Å². The number of rotatable bonds is 7. The minimum Gasteiger partial charge on any atom is -0.450 e. The van der Waals surface area contributed by atoms with Crippen molar-refractivity contribution in [3.8, 4) is 0 Å². The Hall–Kier alpha value is -2.83. The molecule has 128 valence electrons. The van der Waals surface area contributed by atoms with Gasteiger partial charge in [0, 0.05) is 26.0 Å². The normalized spacial score (nSPS) is 10.2. The van der Waals surface area contributed by atoms with Crippen LogP contribution in [0.2, 0.25) is 0 Å². The zero-order chi connectivity index (χ0) is 17.4. The van der Waals surface area contributed by atoms with Crippen LogP contribution in [0.4, 0.5) is 4.79 Å². The Bertz CT molecular complexity index is 653. The lowest BCUT2D eigenvalue weighted by molar-refractivity contribution is -0.121. The van der Waals surface area contributed by atoms with Crippen molar-refractivity contribution in [1.29, 1.82) is 0 Å². The molecule has 0 aliphatic rings. The van der Waals surface area contributed by atoms with Crippen molar-refractivity contribution in [2.75, 3.05) is 20.2 Å². The molecule has 2 rings (SSSR count). The van der Waals surface area contributed by atoms with Crippen molar-refractivity contribution in [2.45, 2.75) is 20.0 Å². The molecule has 0 unspecified atom stereocenters. The van der Waals surface area contributed by atoms with Crippen LogP contribution in [0.5, 0.6) is 0 Å². The highest BCUT2D eigenvalue weighted by Gasteiger charge is 2.13. The Morgan fingerprint density at radius 2 is 1.96 bits per heavy atom. The lowest BCUT2D eigenvalue weighted by atomic mass is 10.1. The number of nitrogens with zero attached hydrogens (tertiary/aromatic N) is 3. The molecule has 1 N–H and O–H groups in total. The molecule has 1 aromatic heterocycles. The minimum atomic E-state index is -0.504. The molecule has 2 aromatic rings. The number of carbonyl (C=O) groups excluding carboxylic acids is 2. The van der Waals surface area contributed by atoms with Gasteiger partial charge in [0.05, 0.1) is 13.2 Å². The molecule has 0 bridgehead atoms. The first-order chi connectivity index (χ1) is 11.6. The maximum absolute atomic E-state index is 11.8. The van der Waals surface area contributed by atoms with Gasteiger partial charge in [-0.25, -0.2) is 4.79 Å². The van der Waals surface area contributed by atoms with E-state index in [2.05, 4.69) is 10.4 Å². The quantitative estimate of drug-likeness (QED) is 0.837. The van der Waals surface area contributed by atoms with E-state index in [4.69, 9.17) is 4.74 Å². The molecule has 0 radical (unpaired) electrons. The first kappa shape index (κ1) is 17.5. The summed E-state index contributed by atoms with van der Waals surface area (Å²) in [6.45, 7) is 3.11. The van der Waals surface area contributed by atoms with Gasteiger partial charge in [0.15, 0.2) is 0 Å². The number of ether oxygens (including phenoxy) is 1. The molecular formula is C17H22N4O3. The average Bonchev–Trinajstić information content (AvgIpc) is 3.07. The summed E-state index contributed by atoms with van der Waals surface area (Å²) in [6.07, 6.45) is 3.15. The van der Waals surface area contributed by atoms with Crippen LogP contribution in [0.25, 0.3) is 0 Å². The second-order valence-electron chi connectivity index (χ2n) is 5.35. The summed E-state index contributed by atoms with van der Waals surface area (Å²) in [5.74, 6) is -0.230. The Labute approximate surface area is 141 Å². The van der Waals surface area contributed by atoms with E-state index in [1.165, 1.54) is 11.9 Å². The Morgan fingerprint density at radius 1 is 1.25 bits per heavy atom. The van der Waals surface area contributed by atoms with Crippen LogP contribution in [-0.4, -0.2) is 46.9 Å². The van der Waals surface area contributed by atoms with E-state index in [1.807, 2.05) is 41.2 Å². The molecule has 0 saturated carbocycles. The smallest absolute Gasteiger partial charge is 0.409 e. The molecule has 1 heterocycles. The van der Waals surface area contributed by atoms with Gasteiger partial charge in [0.25, 0.3) is 0 Å². The van der Waals surface area contributed by atoms with Gasteiger partial charge in [-0.05, 0) is 24.1 Å². The zero-order valence-electron chi connectivity index (χ0n) is 13.9. The number of nitrogens with one attached hydrogen (secondary N) is 1. The van der Waals surface area contributed by atoms with Crippen molar-refractivity contribution >= 4 is 12.0 Å². The van der Waals surface area contributed by atoms with Gasteiger partial charge >= 0.3 is 6.09 Å². The van der Waals surface area contributed by atoms with Crippen molar-refractivity contribution in [2.24, 2.45) is 0 Å². The van der Waals surface area contributed by atoms with E-state index in [1.54, 1.807) is 13.1 Å². The summed E-state index contributed by atoms with van der Waals surface area (Å²) in [5, 5.41) is 6.95. The number of aromatic nitrogens is 2. The average molecular weight is 330 g/mol. The van der Waals surface area contributed by atoms with Crippen molar-refractivity contribution in [1.82, 2.24) is 20.0 Å². The summed E-state index contributed by atoms with van der Waals surface area (Å²) >= 11 is 0. The Kier molecular flexibility index (Phi) is 6.36. The van der Waals surface area contributed by atoms with Crippen LogP contribution in [0.3, 0.4) is 0 Å². The minimum absolute atomic E-state index is 0.0315. The number of benzene rings is 1. The second-order valence-corrected chi connectivity index (χ2v) is 5.35. The summed E-state index contributed by atoms with van der Waals surface area (Å²) in [7, 11) is 1.53. The van der Waals surface area contributed by atoms with Gasteiger partial charge in [0.2, 0.25) is 5.91 Å². The molecular weight excluding hydrogens is 308 g/mol. The SMILES string of the molecule is CCOC(=O)N(C)CC(=O)NCc1ccc(Cn2cccn2)cc1. The highest BCUT2D eigenvalue weighted by Crippen LogP contribution is 2.06. The van der Waals surface area contributed by atoms with E-state index in [0.717, 1.165) is 11.1 Å². The van der Waals surface area contributed by atoms with Crippen LogP contribution >= 0.6 is 0 Å². The van der Waals surface area contributed by atoms with Gasteiger partial charge in [0.1, 0.15) is 6.54 Å². The molecule has 0 spiro atoms. The maximum atomic E-state index is 11.8. The Balaban J connectivity index is 1.77. The fraction of sp³-hybridized carbons (Fsp3) is 0.353. The molecule has 0 atom stereocenters. The standard InChI is InChI=1S/C17H22N4O3/c1-3-24-17(23)20(2)13-16(22)18-11-14-5-7-15(8-6-14)12-21-10-4-9-19-21/h4-10H,3,11-13H2,1-2H3,(H,18,22).